The Bertz CT molecular complexity index is 609. The number of carbonyl (C=O) groups excluding carboxylic acids is 1. The molecule has 0 aliphatic rings. The van der Waals surface area contributed by atoms with Crippen molar-refractivity contribution in [2.24, 2.45) is 0 Å². The lowest BCUT2D eigenvalue weighted by Crippen LogP contribution is -2.36. The highest BCUT2D eigenvalue weighted by atomic mass is 35.5. The smallest absolute Gasteiger partial charge is 0.272 e. The number of aromatic nitrogens is 2. The predicted octanol–water partition coefficient (Wildman–Crippen LogP) is 2.70. The average molecular weight is 293 g/mol. The Hall–Kier alpha value is -2.01. The lowest BCUT2D eigenvalue weighted by atomic mass is 10.1. The minimum Gasteiger partial charge on any atom is -0.382 e. The van der Waals surface area contributed by atoms with E-state index in [4.69, 9.17) is 17.3 Å². The maximum atomic E-state index is 12.5. The monoisotopic (exact) mass is 292 g/mol. The second kappa shape index (κ2) is 5.96. The number of nitrogen functional groups attached to an aromatic ring is 1. The molecule has 2 aromatic rings. The van der Waals surface area contributed by atoms with Crippen molar-refractivity contribution in [3.05, 3.63) is 46.6 Å². The molecule has 0 atom stereocenters. The number of aromatic amines is 1. The number of halogens is 1. The second-order valence-electron chi connectivity index (χ2n) is 4.86. The number of nitrogens with two attached hydrogens (primary N) is 1. The van der Waals surface area contributed by atoms with Crippen molar-refractivity contribution in [1.82, 2.24) is 15.1 Å². The van der Waals surface area contributed by atoms with Gasteiger partial charge in [0.2, 0.25) is 0 Å². The van der Waals surface area contributed by atoms with Crippen LogP contribution in [0.4, 0.5) is 5.82 Å². The average Bonchev–Trinajstić information content (AvgIpc) is 2.82. The maximum absolute atomic E-state index is 12.5. The van der Waals surface area contributed by atoms with Gasteiger partial charge in [0.05, 0.1) is 0 Å². The zero-order valence-electron chi connectivity index (χ0n) is 11.4. The van der Waals surface area contributed by atoms with Crippen LogP contribution in [0.2, 0.25) is 5.02 Å². The zero-order valence-corrected chi connectivity index (χ0v) is 12.2. The van der Waals surface area contributed by atoms with Crippen molar-refractivity contribution >= 4 is 23.3 Å². The van der Waals surface area contributed by atoms with Gasteiger partial charge in [-0.25, -0.2) is 0 Å². The molecule has 1 aromatic heterocycles. The summed E-state index contributed by atoms with van der Waals surface area (Å²) in [6, 6.07) is 9.06. The Morgan fingerprint density at radius 3 is 2.75 bits per heavy atom. The number of amides is 1. The SMILES string of the molecule is CC(C)N(Cc1cccc(Cl)c1)C(=O)c1cc(N)n[nH]1. The fourth-order valence-corrected chi connectivity index (χ4v) is 2.14. The van der Waals surface area contributed by atoms with Gasteiger partial charge in [-0.3, -0.25) is 9.89 Å². The number of benzene rings is 1. The van der Waals surface area contributed by atoms with Gasteiger partial charge in [0.1, 0.15) is 11.5 Å². The molecule has 3 N–H and O–H groups in total. The summed E-state index contributed by atoms with van der Waals surface area (Å²) >= 11 is 5.97. The number of anilines is 1. The van der Waals surface area contributed by atoms with Gasteiger partial charge >= 0.3 is 0 Å². The van der Waals surface area contributed by atoms with Gasteiger partial charge in [0.15, 0.2) is 0 Å². The molecule has 0 fully saturated rings. The molecular weight excluding hydrogens is 276 g/mol. The summed E-state index contributed by atoms with van der Waals surface area (Å²) in [5.74, 6) is 0.170. The number of rotatable bonds is 4. The minimum absolute atomic E-state index is 0.0472. The number of carbonyl (C=O) groups is 1. The molecule has 1 amide bonds. The van der Waals surface area contributed by atoms with Crippen LogP contribution in [0.3, 0.4) is 0 Å². The first-order valence-electron chi connectivity index (χ1n) is 6.33. The standard InChI is InChI=1S/C14H17ClN4O/c1-9(2)19(8-10-4-3-5-11(15)6-10)14(20)12-7-13(16)18-17-12/h3-7,9H,8H2,1-2H3,(H3,16,17,18). The first-order valence-corrected chi connectivity index (χ1v) is 6.71. The topological polar surface area (TPSA) is 75.0 Å². The van der Waals surface area contributed by atoms with Gasteiger partial charge in [0.25, 0.3) is 5.91 Å². The third-order valence-electron chi connectivity index (χ3n) is 2.95. The van der Waals surface area contributed by atoms with Crippen molar-refractivity contribution in [3.63, 3.8) is 0 Å². The minimum atomic E-state index is -0.135. The van der Waals surface area contributed by atoms with Crippen LogP contribution in [-0.2, 0) is 6.54 Å². The molecule has 0 bridgehead atoms. The summed E-state index contributed by atoms with van der Waals surface area (Å²) in [6.07, 6.45) is 0. The van der Waals surface area contributed by atoms with Crippen LogP contribution in [0, 0.1) is 0 Å². The number of hydrogen-bond acceptors (Lipinski definition) is 3. The molecule has 0 aliphatic heterocycles. The number of H-pyrrole nitrogens is 1. The Kier molecular flexibility index (Phi) is 4.29. The molecule has 20 heavy (non-hydrogen) atoms. The molecule has 1 aromatic carbocycles. The van der Waals surface area contributed by atoms with Gasteiger partial charge in [-0.05, 0) is 31.5 Å². The van der Waals surface area contributed by atoms with Gasteiger partial charge in [-0.15, -0.1) is 0 Å². The van der Waals surface area contributed by atoms with E-state index in [0.29, 0.717) is 23.1 Å². The molecule has 0 aliphatic carbocycles. The van der Waals surface area contributed by atoms with Crippen LogP contribution in [0.1, 0.15) is 29.9 Å². The molecule has 6 heteroatoms. The highest BCUT2D eigenvalue weighted by Crippen LogP contribution is 2.16. The molecule has 5 nitrogen and oxygen atoms in total. The van der Waals surface area contributed by atoms with E-state index in [1.54, 1.807) is 4.90 Å². The van der Waals surface area contributed by atoms with E-state index in [1.807, 2.05) is 38.1 Å². The zero-order chi connectivity index (χ0) is 14.7. The van der Waals surface area contributed by atoms with Crippen LogP contribution >= 0.6 is 11.6 Å². The third-order valence-corrected chi connectivity index (χ3v) is 3.19. The molecule has 0 saturated heterocycles. The van der Waals surface area contributed by atoms with Crippen molar-refractivity contribution in [3.8, 4) is 0 Å². The molecule has 2 rings (SSSR count). The van der Waals surface area contributed by atoms with Gasteiger partial charge < -0.3 is 10.6 Å². The molecule has 0 radical (unpaired) electrons. The molecule has 0 saturated carbocycles. The van der Waals surface area contributed by atoms with Crippen LogP contribution < -0.4 is 5.73 Å². The molecule has 0 spiro atoms. The lowest BCUT2D eigenvalue weighted by molar-refractivity contribution is 0.0684. The van der Waals surface area contributed by atoms with Crippen molar-refractivity contribution in [2.75, 3.05) is 5.73 Å². The van der Waals surface area contributed by atoms with Crippen molar-refractivity contribution in [2.45, 2.75) is 26.4 Å². The van der Waals surface area contributed by atoms with Crippen LogP contribution in [0.5, 0.6) is 0 Å². The third kappa shape index (κ3) is 3.30. The first kappa shape index (κ1) is 14.4. The van der Waals surface area contributed by atoms with Gasteiger partial charge in [-0.1, -0.05) is 23.7 Å². The number of nitrogens with one attached hydrogen (secondary N) is 1. The fraction of sp³-hybridized carbons (Fsp3) is 0.286. The highest BCUT2D eigenvalue weighted by Gasteiger charge is 2.20. The summed E-state index contributed by atoms with van der Waals surface area (Å²) in [6.45, 7) is 4.40. The summed E-state index contributed by atoms with van der Waals surface area (Å²) in [5.41, 5.74) is 6.90. The Morgan fingerprint density at radius 1 is 1.45 bits per heavy atom. The van der Waals surface area contributed by atoms with Gasteiger partial charge in [-0.2, -0.15) is 5.10 Å². The van der Waals surface area contributed by atoms with Crippen LogP contribution in [0.25, 0.3) is 0 Å². The van der Waals surface area contributed by atoms with Gasteiger partial charge in [0, 0.05) is 23.7 Å². The van der Waals surface area contributed by atoms with E-state index in [0.717, 1.165) is 5.56 Å². The Morgan fingerprint density at radius 2 is 2.20 bits per heavy atom. The van der Waals surface area contributed by atoms with E-state index in [1.165, 1.54) is 6.07 Å². The highest BCUT2D eigenvalue weighted by molar-refractivity contribution is 6.30. The van der Waals surface area contributed by atoms with Crippen LogP contribution in [-0.4, -0.2) is 27.0 Å². The number of nitrogens with zero attached hydrogens (tertiary/aromatic N) is 2. The van der Waals surface area contributed by atoms with Crippen molar-refractivity contribution in [1.29, 1.82) is 0 Å². The molecule has 0 unspecified atom stereocenters. The Balaban J connectivity index is 2.21. The van der Waals surface area contributed by atoms with E-state index >= 15 is 0 Å². The first-order chi connectivity index (χ1) is 9.47. The number of hydrogen-bond donors (Lipinski definition) is 2. The van der Waals surface area contributed by atoms with Crippen molar-refractivity contribution < 1.29 is 4.79 Å². The molecule has 1 heterocycles. The fourth-order valence-electron chi connectivity index (χ4n) is 1.92. The predicted molar refractivity (Wildman–Crippen MR) is 79.5 cm³/mol. The summed E-state index contributed by atoms with van der Waals surface area (Å²) in [4.78, 5) is 14.2. The van der Waals surface area contributed by atoms with Crippen LogP contribution in [0.15, 0.2) is 30.3 Å². The second-order valence-corrected chi connectivity index (χ2v) is 5.30. The maximum Gasteiger partial charge on any atom is 0.272 e. The largest absolute Gasteiger partial charge is 0.382 e. The quantitative estimate of drug-likeness (QED) is 0.910. The lowest BCUT2D eigenvalue weighted by Gasteiger charge is -2.26. The van der Waals surface area contributed by atoms with E-state index in [9.17, 15) is 4.79 Å². The van der Waals surface area contributed by atoms with E-state index in [2.05, 4.69) is 10.2 Å². The Labute approximate surface area is 122 Å². The normalized spacial score (nSPS) is 10.8. The summed E-state index contributed by atoms with van der Waals surface area (Å²) in [7, 11) is 0. The molecular formula is C14H17ClN4O. The summed E-state index contributed by atoms with van der Waals surface area (Å²) in [5, 5.41) is 7.09. The van der Waals surface area contributed by atoms with E-state index < -0.39 is 0 Å². The van der Waals surface area contributed by atoms with E-state index in [-0.39, 0.29) is 11.9 Å². The molecule has 106 valence electrons. The summed E-state index contributed by atoms with van der Waals surface area (Å²) < 4.78 is 0.